The molecule has 1 aliphatic heterocycles. The van der Waals surface area contributed by atoms with Gasteiger partial charge in [0.1, 0.15) is 0 Å². The lowest BCUT2D eigenvalue weighted by Gasteiger charge is -2.30. The van der Waals surface area contributed by atoms with E-state index in [1.165, 1.54) is 12.0 Å². The predicted octanol–water partition coefficient (Wildman–Crippen LogP) is 0.999. The fourth-order valence-electron chi connectivity index (χ4n) is 1.89. The molecule has 0 aliphatic carbocycles. The molecule has 0 aromatic rings. The number of nitrogens with one attached hydrogen (secondary N) is 1. The number of nitrogens with zero attached hydrogens (tertiary/aromatic N) is 1. The molecule has 0 atom stereocenters. The molecule has 1 aliphatic rings. The molecule has 1 heterocycles. The average Bonchev–Trinajstić information content (AvgIpc) is 2.22. The maximum Gasteiger partial charge on any atom is 0.0564 e. The van der Waals surface area contributed by atoms with E-state index in [2.05, 4.69) is 23.7 Å². The summed E-state index contributed by atoms with van der Waals surface area (Å²) in [7, 11) is 0. The topological polar surface area (TPSA) is 35.5 Å². The maximum atomic E-state index is 9.37. The summed E-state index contributed by atoms with van der Waals surface area (Å²) in [6, 6.07) is 0. The average molecular weight is 212 g/mol. The highest BCUT2D eigenvalue weighted by Crippen LogP contribution is 2.10. The molecular weight excluding hydrogens is 188 g/mol. The molecule has 1 saturated heterocycles. The second kappa shape index (κ2) is 6.99. The van der Waals surface area contributed by atoms with Crippen LogP contribution < -0.4 is 5.32 Å². The van der Waals surface area contributed by atoms with Gasteiger partial charge in [0, 0.05) is 26.2 Å². The van der Waals surface area contributed by atoms with Crippen molar-refractivity contribution < 1.29 is 5.11 Å². The second-order valence-corrected chi connectivity index (χ2v) is 4.43. The van der Waals surface area contributed by atoms with Gasteiger partial charge in [-0.25, -0.2) is 0 Å². The highest BCUT2D eigenvalue weighted by atomic mass is 16.3. The fraction of sp³-hybridized carbons (Fsp3) is 0.833. The molecule has 0 saturated carbocycles. The Balaban J connectivity index is 2.09. The number of aliphatic hydroxyl groups is 1. The SMILES string of the molecule is C=C(CNCCC)CN1CCC(O)CC1. The molecular formula is C12H24N2O. The van der Waals surface area contributed by atoms with Gasteiger partial charge in [-0.15, -0.1) is 0 Å². The van der Waals surface area contributed by atoms with Gasteiger partial charge in [0.05, 0.1) is 6.10 Å². The van der Waals surface area contributed by atoms with Gasteiger partial charge in [0.15, 0.2) is 0 Å². The number of likely N-dealkylation sites (tertiary alicyclic amines) is 1. The Morgan fingerprint density at radius 2 is 2.13 bits per heavy atom. The van der Waals surface area contributed by atoms with E-state index in [0.29, 0.717) is 0 Å². The van der Waals surface area contributed by atoms with Gasteiger partial charge < -0.3 is 10.4 Å². The lowest BCUT2D eigenvalue weighted by atomic mass is 10.1. The molecule has 1 rings (SSSR count). The van der Waals surface area contributed by atoms with Crippen molar-refractivity contribution >= 4 is 0 Å². The molecule has 1 fully saturated rings. The van der Waals surface area contributed by atoms with Gasteiger partial charge in [-0.1, -0.05) is 13.5 Å². The first kappa shape index (κ1) is 12.7. The largest absolute Gasteiger partial charge is 0.393 e. The number of rotatable bonds is 6. The van der Waals surface area contributed by atoms with Crippen molar-refractivity contribution in [3.8, 4) is 0 Å². The molecule has 0 aromatic heterocycles. The van der Waals surface area contributed by atoms with Crippen molar-refractivity contribution in [2.45, 2.75) is 32.3 Å². The second-order valence-electron chi connectivity index (χ2n) is 4.43. The standard InChI is InChI=1S/C12H24N2O/c1-3-6-13-9-11(2)10-14-7-4-12(15)5-8-14/h12-13,15H,2-10H2,1H3. The summed E-state index contributed by atoms with van der Waals surface area (Å²) in [5.74, 6) is 0. The van der Waals surface area contributed by atoms with E-state index >= 15 is 0 Å². The Morgan fingerprint density at radius 1 is 1.47 bits per heavy atom. The third kappa shape index (κ3) is 5.30. The van der Waals surface area contributed by atoms with E-state index in [9.17, 15) is 5.11 Å². The van der Waals surface area contributed by atoms with Crippen LogP contribution >= 0.6 is 0 Å². The highest BCUT2D eigenvalue weighted by Gasteiger charge is 2.16. The van der Waals surface area contributed by atoms with Crippen LogP contribution in [0.25, 0.3) is 0 Å². The Kier molecular flexibility index (Phi) is 5.91. The molecule has 0 unspecified atom stereocenters. The van der Waals surface area contributed by atoms with Crippen molar-refractivity contribution in [3.05, 3.63) is 12.2 Å². The van der Waals surface area contributed by atoms with E-state index in [4.69, 9.17) is 0 Å². The monoisotopic (exact) mass is 212 g/mol. The third-order valence-electron chi connectivity index (χ3n) is 2.81. The van der Waals surface area contributed by atoms with Crippen LogP contribution in [-0.4, -0.2) is 48.8 Å². The number of hydrogen-bond donors (Lipinski definition) is 2. The molecule has 0 spiro atoms. The predicted molar refractivity (Wildman–Crippen MR) is 64.0 cm³/mol. The van der Waals surface area contributed by atoms with Crippen LogP contribution in [0.3, 0.4) is 0 Å². The van der Waals surface area contributed by atoms with E-state index in [-0.39, 0.29) is 6.10 Å². The zero-order valence-electron chi connectivity index (χ0n) is 9.84. The zero-order chi connectivity index (χ0) is 11.1. The van der Waals surface area contributed by atoms with Crippen LogP contribution in [0.2, 0.25) is 0 Å². The van der Waals surface area contributed by atoms with E-state index in [1.807, 2.05) is 0 Å². The van der Waals surface area contributed by atoms with Crippen LogP contribution in [0.5, 0.6) is 0 Å². The number of aliphatic hydroxyl groups excluding tert-OH is 1. The molecule has 0 amide bonds. The van der Waals surface area contributed by atoms with E-state index in [1.54, 1.807) is 0 Å². The zero-order valence-corrected chi connectivity index (χ0v) is 9.84. The van der Waals surface area contributed by atoms with Gasteiger partial charge in [0.2, 0.25) is 0 Å². The van der Waals surface area contributed by atoms with Crippen LogP contribution in [0.15, 0.2) is 12.2 Å². The van der Waals surface area contributed by atoms with Crippen molar-refractivity contribution in [2.24, 2.45) is 0 Å². The smallest absolute Gasteiger partial charge is 0.0564 e. The van der Waals surface area contributed by atoms with Gasteiger partial charge in [-0.3, -0.25) is 4.90 Å². The van der Waals surface area contributed by atoms with Crippen LogP contribution in [0.4, 0.5) is 0 Å². The first-order valence-electron chi connectivity index (χ1n) is 6.00. The Morgan fingerprint density at radius 3 is 2.73 bits per heavy atom. The summed E-state index contributed by atoms with van der Waals surface area (Å²) in [6.45, 7) is 11.2. The Bertz CT molecular complexity index is 186. The third-order valence-corrected chi connectivity index (χ3v) is 2.81. The highest BCUT2D eigenvalue weighted by molar-refractivity contribution is 5.00. The van der Waals surface area contributed by atoms with Gasteiger partial charge in [-0.05, 0) is 31.4 Å². The fourth-order valence-corrected chi connectivity index (χ4v) is 1.89. The first-order chi connectivity index (χ1) is 7.22. The molecule has 0 aromatic carbocycles. The molecule has 2 N–H and O–H groups in total. The summed E-state index contributed by atoms with van der Waals surface area (Å²) in [5.41, 5.74) is 1.25. The van der Waals surface area contributed by atoms with Crippen molar-refractivity contribution in [1.82, 2.24) is 10.2 Å². The number of hydrogen-bond acceptors (Lipinski definition) is 3. The minimum atomic E-state index is -0.0762. The summed E-state index contributed by atoms with van der Waals surface area (Å²) >= 11 is 0. The molecule has 88 valence electrons. The lowest BCUT2D eigenvalue weighted by molar-refractivity contribution is 0.0867. The van der Waals surface area contributed by atoms with Crippen molar-refractivity contribution in [2.75, 3.05) is 32.7 Å². The van der Waals surface area contributed by atoms with Gasteiger partial charge in [-0.2, -0.15) is 0 Å². The molecule has 0 bridgehead atoms. The molecule has 3 heteroatoms. The molecule has 0 radical (unpaired) electrons. The van der Waals surface area contributed by atoms with Gasteiger partial charge >= 0.3 is 0 Å². The van der Waals surface area contributed by atoms with Crippen molar-refractivity contribution in [3.63, 3.8) is 0 Å². The van der Waals surface area contributed by atoms with E-state index in [0.717, 1.165) is 45.6 Å². The van der Waals surface area contributed by atoms with Crippen LogP contribution in [-0.2, 0) is 0 Å². The summed E-state index contributed by atoms with van der Waals surface area (Å²) in [6.07, 6.45) is 2.92. The van der Waals surface area contributed by atoms with Crippen molar-refractivity contribution in [1.29, 1.82) is 0 Å². The summed E-state index contributed by atoms with van der Waals surface area (Å²) < 4.78 is 0. The molecule has 15 heavy (non-hydrogen) atoms. The Labute approximate surface area is 93.2 Å². The summed E-state index contributed by atoms with van der Waals surface area (Å²) in [5, 5.41) is 12.7. The maximum absolute atomic E-state index is 9.37. The van der Waals surface area contributed by atoms with E-state index < -0.39 is 0 Å². The summed E-state index contributed by atoms with van der Waals surface area (Å²) in [4.78, 5) is 2.38. The quantitative estimate of drug-likeness (QED) is 0.509. The normalized spacial score (nSPS) is 19.3. The van der Waals surface area contributed by atoms with Gasteiger partial charge in [0.25, 0.3) is 0 Å². The first-order valence-corrected chi connectivity index (χ1v) is 6.00. The van der Waals surface area contributed by atoms with Crippen LogP contribution in [0.1, 0.15) is 26.2 Å². The minimum absolute atomic E-state index is 0.0762. The number of piperidine rings is 1. The van der Waals surface area contributed by atoms with Crippen LogP contribution in [0, 0.1) is 0 Å². The Hall–Kier alpha value is -0.380. The molecule has 3 nitrogen and oxygen atoms in total. The minimum Gasteiger partial charge on any atom is -0.393 e. The lowest BCUT2D eigenvalue weighted by Crippen LogP contribution is -2.38.